The van der Waals surface area contributed by atoms with E-state index in [4.69, 9.17) is 0 Å². The van der Waals surface area contributed by atoms with Crippen LogP contribution in [0.5, 0.6) is 0 Å². The van der Waals surface area contributed by atoms with E-state index in [1.54, 1.807) is 16.6 Å². The molecule has 0 saturated heterocycles. The molecule has 0 radical (unpaired) electrons. The molecule has 1 spiro atoms. The molecule has 1 aliphatic heterocycles. The van der Waals surface area contributed by atoms with Crippen LogP contribution in [0.2, 0.25) is 0 Å². The molecule has 124 valence electrons. The molecule has 2 heterocycles. The number of aliphatic imine (C=N–C) groups is 1. The molecule has 0 aromatic carbocycles. The lowest BCUT2D eigenvalue weighted by atomic mass is 9.76. The van der Waals surface area contributed by atoms with Gasteiger partial charge in [0.15, 0.2) is 0 Å². The second-order valence-corrected chi connectivity index (χ2v) is 6.61. The number of amides is 2. The van der Waals surface area contributed by atoms with Crippen LogP contribution in [0.4, 0.5) is 5.82 Å². The molecule has 1 aliphatic carbocycles. The lowest BCUT2D eigenvalue weighted by Crippen LogP contribution is -2.44. The fraction of sp³-hybridized carbons (Fsp3) is 0.625. The summed E-state index contributed by atoms with van der Waals surface area (Å²) in [5.74, 6) is 1.46. The normalized spacial score (nSPS) is 27.5. The van der Waals surface area contributed by atoms with Gasteiger partial charge in [0.2, 0.25) is 5.91 Å². The largest absolute Gasteiger partial charge is 0.311 e. The van der Waals surface area contributed by atoms with Crippen LogP contribution in [0.25, 0.3) is 0 Å². The summed E-state index contributed by atoms with van der Waals surface area (Å²) in [5.41, 5.74) is 0.244. The summed E-state index contributed by atoms with van der Waals surface area (Å²) in [6.07, 6.45) is 2.63. The number of carbonyl (C=O) groups is 2. The summed E-state index contributed by atoms with van der Waals surface area (Å²) in [5, 5.41) is 7.17. The Balaban J connectivity index is 1.64. The van der Waals surface area contributed by atoms with Crippen molar-refractivity contribution in [2.75, 3.05) is 12.4 Å². The van der Waals surface area contributed by atoms with Crippen molar-refractivity contribution in [2.24, 2.45) is 18.0 Å². The van der Waals surface area contributed by atoms with Crippen LogP contribution in [0.3, 0.4) is 0 Å². The zero-order valence-corrected chi connectivity index (χ0v) is 14.1. The zero-order valence-electron chi connectivity index (χ0n) is 14.1. The number of aryl methyl sites for hydroxylation is 2. The first-order chi connectivity index (χ1) is 10.8. The molecule has 2 amide bonds. The Morgan fingerprint density at radius 1 is 1.30 bits per heavy atom. The van der Waals surface area contributed by atoms with Gasteiger partial charge in [0.05, 0.1) is 5.69 Å². The summed E-state index contributed by atoms with van der Waals surface area (Å²) in [7, 11) is 3.57. The van der Waals surface area contributed by atoms with E-state index in [1.165, 1.54) is 0 Å². The first-order valence-electron chi connectivity index (χ1n) is 7.98. The highest BCUT2D eigenvalue weighted by Crippen LogP contribution is 2.39. The first-order valence-corrected chi connectivity index (χ1v) is 7.98. The lowest BCUT2D eigenvalue weighted by Gasteiger charge is -2.32. The third-order valence-corrected chi connectivity index (χ3v) is 5.00. The highest BCUT2D eigenvalue weighted by molar-refractivity contribution is 6.07. The first kappa shape index (κ1) is 15.7. The quantitative estimate of drug-likeness (QED) is 0.897. The van der Waals surface area contributed by atoms with Crippen LogP contribution >= 0.6 is 0 Å². The van der Waals surface area contributed by atoms with Crippen molar-refractivity contribution >= 4 is 23.5 Å². The van der Waals surface area contributed by atoms with Crippen molar-refractivity contribution in [1.82, 2.24) is 14.7 Å². The van der Waals surface area contributed by atoms with Crippen molar-refractivity contribution in [3.63, 3.8) is 0 Å². The maximum atomic E-state index is 12.5. The second kappa shape index (κ2) is 5.47. The Kier molecular flexibility index (Phi) is 3.74. The number of carbonyl (C=O) groups excluding carboxylic acids is 2. The number of nitrogens with one attached hydrogen (secondary N) is 1. The van der Waals surface area contributed by atoms with Gasteiger partial charge in [-0.2, -0.15) is 5.10 Å². The topological polar surface area (TPSA) is 79.6 Å². The van der Waals surface area contributed by atoms with E-state index < -0.39 is 5.54 Å². The predicted octanol–water partition coefficient (Wildman–Crippen LogP) is 1.49. The molecule has 1 fully saturated rings. The van der Waals surface area contributed by atoms with Crippen molar-refractivity contribution in [3.05, 3.63) is 11.8 Å². The van der Waals surface area contributed by atoms with Crippen LogP contribution in [-0.4, -0.2) is 44.9 Å². The van der Waals surface area contributed by atoms with Gasteiger partial charge in [-0.15, -0.1) is 0 Å². The molecule has 1 saturated carbocycles. The maximum absolute atomic E-state index is 12.5. The average molecular weight is 317 g/mol. The van der Waals surface area contributed by atoms with Crippen LogP contribution in [0.15, 0.2) is 11.1 Å². The van der Waals surface area contributed by atoms with Crippen LogP contribution < -0.4 is 5.32 Å². The molecule has 0 unspecified atom stereocenters. The van der Waals surface area contributed by atoms with Crippen molar-refractivity contribution in [1.29, 1.82) is 0 Å². The number of hydrogen-bond donors (Lipinski definition) is 1. The Morgan fingerprint density at radius 3 is 2.43 bits per heavy atom. The highest BCUT2D eigenvalue weighted by atomic mass is 16.2. The number of aromatic nitrogens is 2. The molecule has 7 heteroatoms. The molecule has 7 nitrogen and oxygen atoms in total. The van der Waals surface area contributed by atoms with Gasteiger partial charge in [-0.3, -0.25) is 19.3 Å². The standard InChI is InChI=1S/C16H23N5O2/c1-10-9-13(21(4)19-10)17-14(22)12-5-7-16(8-6-12)15(23)20(3)11(2)18-16/h9,12H,5-8H2,1-4H3,(H,17,22). The Morgan fingerprint density at radius 2 is 1.96 bits per heavy atom. The summed E-state index contributed by atoms with van der Waals surface area (Å²) in [6.45, 7) is 3.75. The predicted molar refractivity (Wildman–Crippen MR) is 87.1 cm³/mol. The van der Waals surface area contributed by atoms with E-state index in [2.05, 4.69) is 15.4 Å². The third-order valence-electron chi connectivity index (χ3n) is 5.00. The molecule has 1 aromatic rings. The van der Waals surface area contributed by atoms with Crippen LogP contribution in [-0.2, 0) is 16.6 Å². The SMILES string of the molecule is CC1=NC2(CCC(C(=O)Nc3cc(C)nn3C)CC2)C(=O)N1C. The molecular weight excluding hydrogens is 294 g/mol. The summed E-state index contributed by atoms with van der Waals surface area (Å²) in [6, 6.07) is 1.85. The van der Waals surface area contributed by atoms with Crippen molar-refractivity contribution < 1.29 is 9.59 Å². The van der Waals surface area contributed by atoms with Gasteiger partial charge >= 0.3 is 0 Å². The fourth-order valence-electron chi connectivity index (χ4n) is 3.53. The Hall–Kier alpha value is -2.18. The van der Waals surface area contributed by atoms with Gasteiger partial charge in [0.25, 0.3) is 5.91 Å². The van der Waals surface area contributed by atoms with Crippen LogP contribution in [0.1, 0.15) is 38.3 Å². The van der Waals surface area contributed by atoms with Gasteiger partial charge < -0.3 is 10.2 Å². The summed E-state index contributed by atoms with van der Waals surface area (Å²) in [4.78, 5) is 31.1. The molecular formula is C16H23N5O2. The zero-order chi connectivity index (χ0) is 16.8. The number of likely N-dealkylation sites (N-methyl/N-ethyl adjacent to an activating group) is 1. The number of hydrogen-bond acceptors (Lipinski definition) is 4. The molecule has 0 bridgehead atoms. The average Bonchev–Trinajstić information content (AvgIpc) is 2.92. The molecule has 2 aliphatic rings. The van der Waals surface area contributed by atoms with E-state index in [0.29, 0.717) is 31.5 Å². The molecule has 1 N–H and O–H groups in total. The molecule has 3 rings (SSSR count). The van der Waals surface area contributed by atoms with Gasteiger partial charge in [-0.05, 0) is 39.5 Å². The van der Waals surface area contributed by atoms with Gasteiger partial charge in [-0.25, -0.2) is 0 Å². The molecule has 0 atom stereocenters. The molecule has 23 heavy (non-hydrogen) atoms. The molecule has 1 aromatic heterocycles. The van der Waals surface area contributed by atoms with E-state index in [9.17, 15) is 9.59 Å². The summed E-state index contributed by atoms with van der Waals surface area (Å²) >= 11 is 0. The maximum Gasteiger partial charge on any atom is 0.255 e. The second-order valence-electron chi connectivity index (χ2n) is 6.61. The smallest absolute Gasteiger partial charge is 0.255 e. The minimum atomic E-state index is -0.626. The minimum Gasteiger partial charge on any atom is -0.311 e. The number of rotatable bonds is 2. The fourth-order valence-corrected chi connectivity index (χ4v) is 3.53. The highest BCUT2D eigenvalue weighted by Gasteiger charge is 2.48. The summed E-state index contributed by atoms with van der Waals surface area (Å²) < 4.78 is 1.67. The number of anilines is 1. The van der Waals surface area contributed by atoms with Crippen molar-refractivity contribution in [3.8, 4) is 0 Å². The Labute approximate surface area is 135 Å². The van der Waals surface area contributed by atoms with Gasteiger partial charge in [0.1, 0.15) is 17.2 Å². The van der Waals surface area contributed by atoms with Gasteiger partial charge in [0, 0.05) is 26.1 Å². The van der Waals surface area contributed by atoms with E-state index in [1.807, 2.05) is 27.0 Å². The van der Waals surface area contributed by atoms with Gasteiger partial charge in [-0.1, -0.05) is 0 Å². The van der Waals surface area contributed by atoms with E-state index in [-0.39, 0.29) is 17.7 Å². The Bertz CT molecular complexity index is 683. The van der Waals surface area contributed by atoms with Crippen molar-refractivity contribution in [2.45, 2.75) is 45.1 Å². The minimum absolute atomic E-state index is 0.00218. The van der Waals surface area contributed by atoms with E-state index >= 15 is 0 Å². The van der Waals surface area contributed by atoms with Crippen LogP contribution in [0, 0.1) is 12.8 Å². The number of amidine groups is 1. The number of nitrogens with zero attached hydrogens (tertiary/aromatic N) is 4. The monoisotopic (exact) mass is 317 g/mol. The van der Waals surface area contributed by atoms with E-state index in [0.717, 1.165) is 11.5 Å². The lowest BCUT2D eigenvalue weighted by molar-refractivity contribution is -0.133. The third kappa shape index (κ3) is 2.64.